The van der Waals surface area contributed by atoms with Gasteiger partial charge in [-0.05, 0) is 39.8 Å². The summed E-state index contributed by atoms with van der Waals surface area (Å²) in [5.41, 5.74) is 4.09. The SMILES string of the molecule is Cc1cc(C)n(CCN(C)C(=O)N[C@@H](C)Cc2cc(C)[nH]n2)n1. The van der Waals surface area contributed by atoms with Crippen LogP contribution in [0.2, 0.25) is 0 Å². The van der Waals surface area contributed by atoms with Gasteiger partial charge in [-0.3, -0.25) is 9.78 Å². The van der Waals surface area contributed by atoms with E-state index in [0.29, 0.717) is 19.5 Å². The van der Waals surface area contributed by atoms with Crippen LogP contribution in [0.25, 0.3) is 0 Å². The van der Waals surface area contributed by atoms with Crippen molar-refractivity contribution < 1.29 is 4.79 Å². The third-order valence-electron chi connectivity index (χ3n) is 3.74. The van der Waals surface area contributed by atoms with Gasteiger partial charge >= 0.3 is 6.03 Å². The number of rotatable bonds is 6. The average molecular weight is 318 g/mol. The van der Waals surface area contributed by atoms with Crippen LogP contribution >= 0.6 is 0 Å². The van der Waals surface area contributed by atoms with Crippen LogP contribution in [-0.2, 0) is 13.0 Å². The molecule has 0 spiro atoms. The molecule has 1 atom stereocenters. The van der Waals surface area contributed by atoms with Gasteiger partial charge in [0.1, 0.15) is 0 Å². The van der Waals surface area contributed by atoms with Gasteiger partial charge in [-0.1, -0.05) is 0 Å². The fourth-order valence-corrected chi connectivity index (χ4v) is 2.51. The number of nitrogens with one attached hydrogen (secondary N) is 2. The van der Waals surface area contributed by atoms with Gasteiger partial charge in [0, 0.05) is 37.4 Å². The maximum atomic E-state index is 12.2. The third-order valence-corrected chi connectivity index (χ3v) is 3.74. The molecule has 0 aliphatic carbocycles. The van der Waals surface area contributed by atoms with Crippen molar-refractivity contribution in [3.05, 3.63) is 34.9 Å². The first kappa shape index (κ1) is 17.1. The number of carbonyl (C=O) groups excluding carboxylic acids is 1. The number of aromatic nitrogens is 4. The molecule has 0 saturated carbocycles. The van der Waals surface area contributed by atoms with Crippen molar-refractivity contribution in [2.24, 2.45) is 0 Å². The second-order valence-corrected chi connectivity index (χ2v) is 6.17. The van der Waals surface area contributed by atoms with Crippen LogP contribution in [0.15, 0.2) is 12.1 Å². The molecule has 2 aromatic heterocycles. The highest BCUT2D eigenvalue weighted by atomic mass is 16.2. The van der Waals surface area contributed by atoms with E-state index < -0.39 is 0 Å². The summed E-state index contributed by atoms with van der Waals surface area (Å²) in [6, 6.07) is 3.98. The summed E-state index contributed by atoms with van der Waals surface area (Å²) >= 11 is 0. The molecule has 2 heterocycles. The summed E-state index contributed by atoms with van der Waals surface area (Å²) in [6.45, 7) is 9.24. The molecule has 2 amide bonds. The lowest BCUT2D eigenvalue weighted by Crippen LogP contribution is -2.43. The van der Waals surface area contributed by atoms with Gasteiger partial charge in [0.15, 0.2) is 0 Å². The topological polar surface area (TPSA) is 78.8 Å². The highest BCUT2D eigenvalue weighted by molar-refractivity contribution is 5.74. The number of aromatic amines is 1. The molecule has 0 aromatic carbocycles. The first-order chi connectivity index (χ1) is 10.8. The van der Waals surface area contributed by atoms with E-state index in [0.717, 1.165) is 22.8 Å². The van der Waals surface area contributed by atoms with Crippen molar-refractivity contribution >= 4 is 6.03 Å². The quantitative estimate of drug-likeness (QED) is 0.852. The molecule has 2 rings (SSSR count). The number of hydrogen-bond acceptors (Lipinski definition) is 3. The molecule has 0 saturated heterocycles. The molecule has 23 heavy (non-hydrogen) atoms. The van der Waals surface area contributed by atoms with Gasteiger partial charge in [-0.2, -0.15) is 10.2 Å². The summed E-state index contributed by atoms with van der Waals surface area (Å²) in [6.07, 6.45) is 0.710. The van der Waals surface area contributed by atoms with Crippen LogP contribution in [0, 0.1) is 20.8 Å². The summed E-state index contributed by atoms with van der Waals surface area (Å²) in [5.74, 6) is 0. The number of aryl methyl sites for hydroxylation is 3. The van der Waals surface area contributed by atoms with Crippen LogP contribution in [0.5, 0.6) is 0 Å². The minimum Gasteiger partial charge on any atom is -0.335 e. The Morgan fingerprint density at radius 1 is 1.39 bits per heavy atom. The Morgan fingerprint density at radius 2 is 2.13 bits per heavy atom. The molecule has 7 heteroatoms. The van der Waals surface area contributed by atoms with Crippen molar-refractivity contribution in [1.29, 1.82) is 0 Å². The van der Waals surface area contributed by atoms with Crippen molar-refractivity contribution in [3.8, 4) is 0 Å². The zero-order valence-corrected chi connectivity index (χ0v) is 14.6. The fourth-order valence-electron chi connectivity index (χ4n) is 2.51. The second kappa shape index (κ2) is 7.30. The van der Waals surface area contributed by atoms with Gasteiger partial charge in [0.25, 0.3) is 0 Å². The summed E-state index contributed by atoms with van der Waals surface area (Å²) < 4.78 is 1.93. The lowest BCUT2D eigenvalue weighted by molar-refractivity contribution is 0.203. The van der Waals surface area contributed by atoms with Gasteiger partial charge in [-0.25, -0.2) is 4.79 Å². The number of H-pyrrole nitrogens is 1. The van der Waals surface area contributed by atoms with Crippen molar-refractivity contribution in [1.82, 2.24) is 30.2 Å². The van der Waals surface area contributed by atoms with E-state index in [-0.39, 0.29) is 12.1 Å². The molecule has 0 radical (unpaired) electrons. The van der Waals surface area contributed by atoms with Crippen LogP contribution in [0.1, 0.15) is 29.7 Å². The highest BCUT2D eigenvalue weighted by Gasteiger charge is 2.14. The van der Waals surface area contributed by atoms with Crippen molar-refractivity contribution in [3.63, 3.8) is 0 Å². The minimum absolute atomic E-state index is 0.0290. The second-order valence-electron chi connectivity index (χ2n) is 6.17. The maximum absolute atomic E-state index is 12.2. The van der Waals surface area contributed by atoms with Gasteiger partial charge < -0.3 is 10.2 Å². The first-order valence-corrected chi connectivity index (χ1v) is 7.88. The van der Waals surface area contributed by atoms with Crippen LogP contribution < -0.4 is 5.32 Å². The van der Waals surface area contributed by atoms with E-state index in [1.54, 1.807) is 11.9 Å². The standard InChI is InChI=1S/C16H26N6O/c1-11(9-15-10-12(2)18-19-15)17-16(23)21(5)6-7-22-14(4)8-13(3)20-22/h8,10-11H,6-7,9H2,1-5H3,(H,17,23)(H,18,19)/t11-/m0/s1. The Bertz CT molecular complexity index is 659. The van der Waals surface area contributed by atoms with E-state index in [9.17, 15) is 4.79 Å². The van der Waals surface area contributed by atoms with Crippen LogP contribution in [0.4, 0.5) is 4.79 Å². The zero-order valence-electron chi connectivity index (χ0n) is 14.6. The van der Waals surface area contributed by atoms with Crippen LogP contribution in [-0.4, -0.2) is 50.5 Å². The van der Waals surface area contributed by atoms with E-state index in [2.05, 4.69) is 20.6 Å². The Morgan fingerprint density at radius 3 is 2.70 bits per heavy atom. The minimum atomic E-state index is -0.0775. The molecule has 2 N–H and O–H groups in total. The molecule has 0 aliphatic rings. The summed E-state index contributed by atoms with van der Waals surface area (Å²) in [5, 5.41) is 14.5. The Labute approximate surface area is 137 Å². The molecule has 7 nitrogen and oxygen atoms in total. The largest absolute Gasteiger partial charge is 0.335 e. The zero-order chi connectivity index (χ0) is 17.0. The van der Waals surface area contributed by atoms with Gasteiger partial charge in [0.2, 0.25) is 0 Å². The number of likely N-dealkylation sites (N-methyl/N-ethyl adjacent to an activating group) is 1. The predicted molar refractivity (Wildman–Crippen MR) is 89.4 cm³/mol. The summed E-state index contributed by atoms with van der Waals surface area (Å²) in [7, 11) is 1.80. The fraction of sp³-hybridized carbons (Fsp3) is 0.562. The molecular formula is C16H26N6O. The number of urea groups is 1. The van der Waals surface area contributed by atoms with Gasteiger partial charge in [-0.15, -0.1) is 0 Å². The van der Waals surface area contributed by atoms with E-state index >= 15 is 0 Å². The Balaban J connectivity index is 1.78. The summed E-state index contributed by atoms with van der Waals surface area (Å²) in [4.78, 5) is 13.9. The Kier molecular flexibility index (Phi) is 5.41. The Hall–Kier alpha value is -2.31. The average Bonchev–Trinajstić information content (AvgIpc) is 3.01. The normalized spacial score (nSPS) is 12.2. The molecule has 126 valence electrons. The first-order valence-electron chi connectivity index (χ1n) is 7.88. The lowest BCUT2D eigenvalue weighted by Gasteiger charge is -2.21. The number of hydrogen-bond donors (Lipinski definition) is 2. The van der Waals surface area contributed by atoms with Crippen molar-refractivity contribution in [2.75, 3.05) is 13.6 Å². The van der Waals surface area contributed by atoms with Crippen molar-refractivity contribution in [2.45, 2.75) is 46.7 Å². The van der Waals surface area contributed by atoms with E-state index in [1.165, 1.54) is 0 Å². The molecule has 2 aromatic rings. The van der Waals surface area contributed by atoms with Gasteiger partial charge in [0.05, 0.1) is 17.9 Å². The maximum Gasteiger partial charge on any atom is 0.317 e. The molecule has 0 aliphatic heterocycles. The van der Waals surface area contributed by atoms with E-state index in [1.807, 2.05) is 44.5 Å². The molecular weight excluding hydrogens is 292 g/mol. The lowest BCUT2D eigenvalue weighted by atomic mass is 10.2. The third kappa shape index (κ3) is 4.84. The highest BCUT2D eigenvalue weighted by Crippen LogP contribution is 2.04. The molecule has 0 bridgehead atoms. The smallest absolute Gasteiger partial charge is 0.317 e. The van der Waals surface area contributed by atoms with Crippen LogP contribution in [0.3, 0.4) is 0 Å². The van der Waals surface area contributed by atoms with E-state index in [4.69, 9.17) is 0 Å². The number of amides is 2. The molecule has 0 fully saturated rings. The number of carbonyl (C=O) groups is 1. The number of nitrogens with zero attached hydrogens (tertiary/aromatic N) is 4. The monoisotopic (exact) mass is 318 g/mol. The molecule has 0 unspecified atom stereocenters. The predicted octanol–water partition coefficient (Wildman–Crippen LogP) is 1.80.